The number of hydrogen-bond donors (Lipinski definition) is 1. The Bertz CT molecular complexity index is 580. The predicted octanol–water partition coefficient (Wildman–Crippen LogP) is 2.25. The van der Waals surface area contributed by atoms with E-state index in [-0.39, 0.29) is 0 Å². The molecule has 0 atom stereocenters. The molecule has 2 rings (SSSR count). The van der Waals surface area contributed by atoms with Gasteiger partial charge in [-0.15, -0.1) is 0 Å². The summed E-state index contributed by atoms with van der Waals surface area (Å²) in [4.78, 5) is 6.67. The number of nitrogens with zero attached hydrogens (tertiary/aromatic N) is 2. The zero-order valence-corrected chi connectivity index (χ0v) is 11.9. The number of hydrogen-bond acceptors (Lipinski definition) is 4. The maximum Gasteiger partial charge on any atom is 0.122 e. The van der Waals surface area contributed by atoms with Crippen LogP contribution in [0.15, 0.2) is 35.1 Å². The van der Waals surface area contributed by atoms with Crippen LogP contribution in [0.5, 0.6) is 0 Å². The Morgan fingerprint density at radius 3 is 2.84 bits per heavy atom. The summed E-state index contributed by atoms with van der Waals surface area (Å²) in [6.45, 7) is 3.62. The van der Waals surface area contributed by atoms with E-state index in [0.717, 1.165) is 24.4 Å². The average molecular weight is 275 g/mol. The van der Waals surface area contributed by atoms with Crippen molar-refractivity contribution in [1.29, 1.82) is 0 Å². The van der Waals surface area contributed by atoms with Crippen LogP contribution < -0.4 is 5.73 Å². The van der Waals surface area contributed by atoms with Gasteiger partial charge in [-0.2, -0.15) is 0 Å². The van der Waals surface area contributed by atoms with Crippen molar-refractivity contribution in [2.24, 2.45) is 5.73 Å². The van der Waals surface area contributed by atoms with Crippen molar-refractivity contribution in [2.75, 3.05) is 7.05 Å². The lowest BCUT2D eigenvalue weighted by Crippen LogP contribution is -2.18. The second-order valence-electron chi connectivity index (χ2n) is 4.59. The van der Waals surface area contributed by atoms with Crippen molar-refractivity contribution in [1.82, 2.24) is 9.88 Å². The van der Waals surface area contributed by atoms with Crippen molar-refractivity contribution in [3.05, 3.63) is 53.2 Å². The Balaban J connectivity index is 2.02. The highest BCUT2D eigenvalue weighted by atomic mass is 32.1. The highest BCUT2D eigenvalue weighted by molar-refractivity contribution is 7.80. The molecule has 0 aliphatic carbocycles. The molecule has 0 fully saturated rings. The van der Waals surface area contributed by atoms with Gasteiger partial charge in [0.15, 0.2) is 0 Å². The monoisotopic (exact) mass is 275 g/mol. The fourth-order valence-corrected chi connectivity index (χ4v) is 2.05. The highest BCUT2D eigenvalue weighted by Crippen LogP contribution is 2.13. The van der Waals surface area contributed by atoms with E-state index in [2.05, 4.69) is 16.9 Å². The Kier molecular flexibility index (Phi) is 4.29. The second-order valence-corrected chi connectivity index (χ2v) is 5.03. The largest absolute Gasteiger partial charge is 0.469 e. The van der Waals surface area contributed by atoms with Crippen LogP contribution in [0.2, 0.25) is 0 Å². The lowest BCUT2D eigenvalue weighted by atomic mass is 10.2. The van der Waals surface area contributed by atoms with Crippen molar-refractivity contribution < 1.29 is 4.42 Å². The van der Waals surface area contributed by atoms with E-state index >= 15 is 0 Å². The summed E-state index contributed by atoms with van der Waals surface area (Å²) in [6, 6.07) is 5.90. The third kappa shape index (κ3) is 3.62. The topological polar surface area (TPSA) is 55.3 Å². The number of thiocarbonyl (C=S) groups is 1. The van der Waals surface area contributed by atoms with Crippen LogP contribution in [-0.4, -0.2) is 21.9 Å². The summed E-state index contributed by atoms with van der Waals surface area (Å²) >= 11 is 4.94. The minimum Gasteiger partial charge on any atom is -0.469 e. The molecule has 0 saturated carbocycles. The molecule has 2 aromatic heterocycles. The van der Waals surface area contributed by atoms with Crippen LogP contribution in [0.4, 0.5) is 0 Å². The Hall–Kier alpha value is -1.72. The number of pyridine rings is 1. The van der Waals surface area contributed by atoms with Gasteiger partial charge in [0.1, 0.15) is 10.7 Å². The van der Waals surface area contributed by atoms with Gasteiger partial charge in [-0.25, -0.2) is 0 Å². The number of aromatic nitrogens is 1. The summed E-state index contributed by atoms with van der Waals surface area (Å²) in [5.74, 6) is 0.963. The molecule has 0 radical (unpaired) electrons. The first-order chi connectivity index (χ1) is 9.06. The zero-order chi connectivity index (χ0) is 13.8. The molecule has 100 valence electrons. The third-order valence-electron chi connectivity index (χ3n) is 2.94. The Morgan fingerprint density at radius 1 is 1.42 bits per heavy atom. The maximum absolute atomic E-state index is 5.59. The van der Waals surface area contributed by atoms with Gasteiger partial charge in [0.25, 0.3) is 0 Å². The van der Waals surface area contributed by atoms with Gasteiger partial charge in [0, 0.05) is 24.8 Å². The van der Waals surface area contributed by atoms with E-state index in [9.17, 15) is 0 Å². The SMILES string of the molecule is Cc1occc1CN(C)Cc1ccnc(C(N)=S)c1. The van der Waals surface area contributed by atoms with Crippen molar-refractivity contribution >= 4 is 17.2 Å². The lowest BCUT2D eigenvalue weighted by molar-refractivity contribution is 0.316. The fraction of sp³-hybridized carbons (Fsp3) is 0.286. The first-order valence-electron chi connectivity index (χ1n) is 6.02. The van der Waals surface area contributed by atoms with Gasteiger partial charge in [-0.1, -0.05) is 12.2 Å². The van der Waals surface area contributed by atoms with Gasteiger partial charge in [-0.05, 0) is 37.7 Å². The third-order valence-corrected chi connectivity index (χ3v) is 3.14. The van der Waals surface area contributed by atoms with Gasteiger partial charge in [-0.3, -0.25) is 9.88 Å². The van der Waals surface area contributed by atoms with E-state index in [1.165, 1.54) is 5.56 Å². The molecular formula is C14H17N3OS. The molecule has 0 aliphatic rings. The van der Waals surface area contributed by atoms with E-state index in [0.29, 0.717) is 10.7 Å². The Labute approximate surface area is 118 Å². The van der Waals surface area contributed by atoms with Gasteiger partial charge in [0.2, 0.25) is 0 Å². The van der Waals surface area contributed by atoms with Crippen LogP contribution >= 0.6 is 12.2 Å². The predicted molar refractivity (Wildman–Crippen MR) is 78.7 cm³/mol. The number of furan rings is 1. The summed E-state index contributed by atoms with van der Waals surface area (Å²) < 4.78 is 5.30. The number of aryl methyl sites for hydroxylation is 1. The first kappa shape index (κ1) is 13.7. The molecule has 0 aromatic carbocycles. The molecular weight excluding hydrogens is 258 g/mol. The second kappa shape index (κ2) is 5.95. The molecule has 0 saturated heterocycles. The van der Waals surface area contributed by atoms with Crippen LogP contribution in [0.1, 0.15) is 22.6 Å². The van der Waals surface area contributed by atoms with E-state index in [1.807, 2.05) is 25.1 Å². The molecule has 0 bridgehead atoms. The summed E-state index contributed by atoms with van der Waals surface area (Å²) in [5.41, 5.74) is 8.59. The molecule has 0 spiro atoms. The molecule has 2 heterocycles. The van der Waals surface area contributed by atoms with E-state index < -0.39 is 0 Å². The molecule has 4 nitrogen and oxygen atoms in total. The first-order valence-corrected chi connectivity index (χ1v) is 6.43. The van der Waals surface area contributed by atoms with Crippen LogP contribution in [0, 0.1) is 6.92 Å². The van der Waals surface area contributed by atoms with Crippen molar-refractivity contribution in [3.63, 3.8) is 0 Å². The van der Waals surface area contributed by atoms with Gasteiger partial charge < -0.3 is 10.2 Å². The molecule has 2 aromatic rings. The molecule has 0 unspecified atom stereocenters. The van der Waals surface area contributed by atoms with E-state index in [4.69, 9.17) is 22.4 Å². The summed E-state index contributed by atoms with van der Waals surface area (Å²) in [7, 11) is 2.06. The number of rotatable bonds is 5. The van der Waals surface area contributed by atoms with Gasteiger partial charge in [0.05, 0.1) is 12.0 Å². The van der Waals surface area contributed by atoms with Crippen molar-refractivity contribution in [3.8, 4) is 0 Å². The Morgan fingerprint density at radius 2 is 2.21 bits per heavy atom. The molecule has 0 aliphatic heterocycles. The number of nitrogens with two attached hydrogens (primary N) is 1. The zero-order valence-electron chi connectivity index (χ0n) is 11.1. The highest BCUT2D eigenvalue weighted by Gasteiger charge is 2.07. The standard InChI is InChI=1S/C14H17N3OS/c1-10-12(4-6-18-10)9-17(2)8-11-3-5-16-13(7-11)14(15)19/h3-7H,8-9H2,1-2H3,(H2,15,19). The summed E-state index contributed by atoms with van der Waals surface area (Å²) in [6.07, 6.45) is 3.46. The fourth-order valence-electron chi connectivity index (χ4n) is 1.94. The average Bonchev–Trinajstić information content (AvgIpc) is 2.75. The minimum atomic E-state index is 0.329. The van der Waals surface area contributed by atoms with E-state index in [1.54, 1.807) is 12.5 Å². The van der Waals surface area contributed by atoms with Crippen LogP contribution in [0.25, 0.3) is 0 Å². The van der Waals surface area contributed by atoms with Crippen LogP contribution in [-0.2, 0) is 13.1 Å². The van der Waals surface area contributed by atoms with Crippen LogP contribution in [0.3, 0.4) is 0 Å². The maximum atomic E-state index is 5.59. The lowest BCUT2D eigenvalue weighted by Gasteiger charge is -2.16. The smallest absolute Gasteiger partial charge is 0.122 e. The summed E-state index contributed by atoms with van der Waals surface area (Å²) in [5, 5.41) is 0. The quantitative estimate of drug-likeness (QED) is 0.848. The van der Waals surface area contributed by atoms with Crippen molar-refractivity contribution in [2.45, 2.75) is 20.0 Å². The normalized spacial score (nSPS) is 10.9. The molecule has 0 amide bonds. The molecule has 5 heteroatoms. The minimum absolute atomic E-state index is 0.329. The van der Waals surface area contributed by atoms with Gasteiger partial charge >= 0.3 is 0 Å². The molecule has 19 heavy (non-hydrogen) atoms. The molecule has 2 N–H and O–H groups in total.